The second-order valence-corrected chi connectivity index (χ2v) is 6.09. The molecule has 8 nitrogen and oxygen atoms in total. The van der Waals surface area contributed by atoms with Crippen LogP contribution in [0.5, 0.6) is 17.2 Å². The van der Waals surface area contributed by atoms with Crippen molar-refractivity contribution in [2.24, 2.45) is 0 Å². The van der Waals surface area contributed by atoms with Crippen LogP contribution in [0.4, 0.5) is 0 Å². The number of methoxy groups -OCH3 is 3. The zero-order valence-electron chi connectivity index (χ0n) is 16.4. The highest BCUT2D eigenvalue weighted by molar-refractivity contribution is 5.91. The van der Waals surface area contributed by atoms with E-state index in [0.29, 0.717) is 28.3 Å². The van der Waals surface area contributed by atoms with Crippen molar-refractivity contribution < 1.29 is 23.4 Å². The van der Waals surface area contributed by atoms with Crippen LogP contribution in [0.2, 0.25) is 0 Å². The van der Waals surface area contributed by atoms with Crippen LogP contribution in [-0.4, -0.2) is 38.3 Å². The molecule has 3 rings (SSSR count). The maximum atomic E-state index is 12.1. The second kappa shape index (κ2) is 9.01. The number of hydrogen-bond donors (Lipinski definition) is 1. The van der Waals surface area contributed by atoms with E-state index in [1.54, 1.807) is 57.7 Å². The lowest BCUT2D eigenvalue weighted by molar-refractivity contribution is -0.116. The summed E-state index contributed by atoms with van der Waals surface area (Å²) in [5, 5.41) is 2.75. The van der Waals surface area contributed by atoms with E-state index in [1.165, 1.54) is 10.6 Å². The van der Waals surface area contributed by atoms with Crippen LogP contribution in [0, 0.1) is 0 Å². The van der Waals surface area contributed by atoms with Crippen LogP contribution >= 0.6 is 0 Å². The van der Waals surface area contributed by atoms with Crippen LogP contribution in [0.1, 0.15) is 5.56 Å². The van der Waals surface area contributed by atoms with Gasteiger partial charge in [0.05, 0.1) is 26.8 Å². The van der Waals surface area contributed by atoms with Gasteiger partial charge in [0.25, 0.3) is 0 Å². The van der Waals surface area contributed by atoms with Crippen molar-refractivity contribution in [1.29, 1.82) is 0 Å². The van der Waals surface area contributed by atoms with E-state index in [-0.39, 0.29) is 19.0 Å². The molecule has 1 heterocycles. The fraction of sp³-hybridized carbons (Fsp3) is 0.238. The highest BCUT2D eigenvalue weighted by atomic mass is 16.5. The van der Waals surface area contributed by atoms with Crippen molar-refractivity contribution in [2.75, 3.05) is 27.9 Å². The standard InChI is InChI=1S/C21H22N2O6/c1-26-15-6-7-16-18(13-15)29-21(25)23(16)11-10-22-20(24)9-5-14-4-8-17(27-2)19(12-14)28-3/h4-9,12-13H,10-11H2,1-3H3,(H,22,24)/b9-5+. The summed E-state index contributed by atoms with van der Waals surface area (Å²) < 4.78 is 22.2. The smallest absolute Gasteiger partial charge is 0.420 e. The number of hydrogen-bond acceptors (Lipinski definition) is 6. The van der Waals surface area contributed by atoms with E-state index >= 15 is 0 Å². The lowest BCUT2D eigenvalue weighted by atomic mass is 10.2. The first-order valence-corrected chi connectivity index (χ1v) is 8.91. The average molecular weight is 398 g/mol. The SMILES string of the molecule is COc1ccc2c(c1)oc(=O)n2CCNC(=O)/C=C/c1ccc(OC)c(OC)c1. The maximum Gasteiger partial charge on any atom is 0.420 e. The zero-order chi connectivity index (χ0) is 20.8. The molecule has 0 saturated carbocycles. The Morgan fingerprint density at radius 2 is 1.86 bits per heavy atom. The molecular weight excluding hydrogens is 376 g/mol. The normalized spacial score (nSPS) is 11.0. The molecule has 0 fully saturated rings. The van der Waals surface area contributed by atoms with Crippen LogP contribution < -0.4 is 25.3 Å². The number of amides is 1. The lowest BCUT2D eigenvalue weighted by Gasteiger charge is -2.07. The third-order valence-corrected chi connectivity index (χ3v) is 4.34. The summed E-state index contributed by atoms with van der Waals surface area (Å²) in [6.45, 7) is 0.559. The van der Waals surface area contributed by atoms with Gasteiger partial charge in [-0.05, 0) is 35.9 Å². The van der Waals surface area contributed by atoms with E-state index in [4.69, 9.17) is 18.6 Å². The monoisotopic (exact) mass is 398 g/mol. The Hall–Kier alpha value is -3.68. The third-order valence-electron chi connectivity index (χ3n) is 4.34. The van der Waals surface area contributed by atoms with E-state index in [1.807, 2.05) is 6.07 Å². The largest absolute Gasteiger partial charge is 0.497 e. The Labute approximate surface area is 167 Å². The summed E-state index contributed by atoms with van der Waals surface area (Å²) in [6, 6.07) is 10.5. The number of oxazole rings is 1. The van der Waals surface area contributed by atoms with Gasteiger partial charge in [-0.1, -0.05) is 6.07 Å². The first-order valence-electron chi connectivity index (χ1n) is 8.91. The molecule has 0 radical (unpaired) electrons. The minimum Gasteiger partial charge on any atom is -0.497 e. The maximum absolute atomic E-state index is 12.1. The summed E-state index contributed by atoms with van der Waals surface area (Å²) in [4.78, 5) is 24.1. The number of benzene rings is 2. The number of fused-ring (bicyclic) bond motifs is 1. The molecule has 0 atom stereocenters. The van der Waals surface area contributed by atoms with Gasteiger partial charge in [0.15, 0.2) is 17.1 Å². The highest BCUT2D eigenvalue weighted by Gasteiger charge is 2.10. The van der Waals surface area contributed by atoms with Crippen LogP contribution in [0.15, 0.2) is 51.7 Å². The molecule has 1 aromatic heterocycles. The van der Waals surface area contributed by atoms with Gasteiger partial charge in [0, 0.05) is 25.2 Å². The average Bonchev–Trinajstić information content (AvgIpc) is 3.06. The number of carbonyl (C=O) groups excluding carboxylic acids is 1. The van der Waals surface area contributed by atoms with Crippen LogP contribution in [0.25, 0.3) is 17.2 Å². The van der Waals surface area contributed by atoms with Crippen molar-refractivity contribution in [3.05, 3.63) is 58.6 Å². The number of aromatic nitrogens is 1. The minimum atomic E-state index is -0.483. The number of ether oxygens (including phenoxy) is 3. The Bertz CT molecular complexity index is 1100. The van der Waals surface area contributed by atoms with Crippen molar-refractivity contribution in [3.8, 4) is 17.2 Å². The van der Waals surface area contributed by atoms with Crippen molar-refractivity contribution in [1.82, 2.24) is 9.88 Å². The third kappa shape index (κ3) is 4.60. The van der Waals surface area contributed by atoms with Gasteiger partial charge >= 0.3 is 5.76 Å². The van der Waals surface area contributed by atoms with Crippen molar-refractivity contribution in [2.45, 2.75) is 6.54 Å². The van der Waals surface area contributed by atoms with E-state index in [9.17, 15) is 9.59 Å². The topological polar surface area (TPSA) is 91.9 Å². The van der Waals surface area contributed by atoms with Crippen molar-refractivity contribution in [3.63, 3.8) is 0 Å². The number of nitrogens with one attached hydrogen (secondary N) is 1. The minimum absolute atomic E-state index is 0.273. The fourth-order valence-electron chi connectivity index (χ4n) is 2.86. The molecule has 0 spiro atoms. The van der Waals surface area contributed by atoms with E-state index < -0.39 is 5.76 Å². The van der Waals surface area contributed by atoms with Crippen LogP contribution in [0.3, 0.4) is 0 Å². The molecule has 0 saturated heterocycles. The zero-order valence-corrected chi connectivity index (χ0v) is 16.4. The van der Waals surface area contributed by atoms with Gasteiger partial charge in [-0.2, -0.15) is 0 Å². The molecule has 0 aliphatic heterocycles. The quantitative estimate of drug-likeness (QED) is 0.586. The summed E-state index contributed by atoms with van der Waals surface area (Å²) >= 11 is 0. The van der Waals surface area contributed by atoms with E-state index in [0.717, 1.165) is 5.56 Å². The predicted octanol–water partition coefficient (Wildman–Crippen LogP) is 2.45. The summed E-state index contributed by atoms with van der Waals surface area (Å²) in [5.41, 5.74) is 1.88. The van der Waals surface area contributed by atoms with Crippen LogP contribution in [-0.2, 0) is 11.3 Å². The summed E-state index contributed by atoms with van der Waals surface area (Å²) in [5.74, 6) is 1.04. The molecular formula is C21H22N2O6. The molecule has 0 aliphatic carbocycles. The second-order valence-electron chi connectivity index (χ2n) is 6.09. The van der Waals surface area contributed by atoms with Gasteiger partial charge in [0.1, 0.15) is 5.75 Å². The molecule has 29 heavy (non-hydrogen) atoms. The van der Waals surface area contributed by atoms with E-state index in [2.05, 4.69) is 5.32 Å². The Morgan fingerprint density at radius 1 is 1.07 bits per heavy atom. The first kappa shape index (κ1) is 20.1. The van der Waals surface area contributed by atoms with Gasteiger partial charge < -0.3 is 23.9 Å². The first-order chi connectivity index (χ1) is 14.0. The van der Waals surface area contributed by atoms with Gasteiger partial charge in [-0.3, -0.25) is 9.36 Å². The van der Waals surface area contributed by atoms with Gasteiger partial charge in [-0.25, -0.2) is 4.79 Å². The number of nitrogens with zero attached hydrogens (tertiary/aromatic N) is 1. The summed E-state index contributed by atoms with van der Waals surface area (Å²) in [7, 11) is 4.66. The Balaban J connectivity index is 1.60. The molecule has 8 heteroatoms. The fourth-order valence-corrected chi connectivity index (χ4v) is 2.86. The molecule has 152 valence electrons. The summed E-state index contributed by atoms with van der Waals surface area (Å²) in [6.07, 6.45) is 3.09. The Morgan fingerprint density at radius 3 is 2.59 bits per heavy atom. The molecule has 0 unspecified atom stereocenters. The Kier molecular flexibility index (Phi) is 6.23. The van der Waals surface area contributed by atoms with Gasteiger partial charge in [0.2, 0.25) is 5.91 Å². The molecule has 2 aromatic carbocycles. The molecule has 3 aromatic rings. The molecule has 0 bridgehead atoms. The van der Waals surface area contributed by atoms with Crippen molar-refractivity contribution >= 4 is 23.1 Å². The molecule has 1 amide bonds. The number of rotatable bonds is 8. The number of carbonyl (C=O) groups is 1. The lowest BCUT2D eigenvalue weighted by Crippen LogP contribution is -2.28. The highest BCUT2D eigenvalue weighted by Crippen LogP contribution is 2.27. The molecule has 1 N–H and O–H groups in total. The molecule has 0 aliphatic rings. The predicted molar refractivity (Wildman–Crippen MR) is 109 cm³/mol. The van der Waals surface area contributed by atoms with Gasteiger partial charge in [-0.15, -0.1) is 0 Å².